The molecule has 28 heavy (non-hydrogen) atoms. The minimum absolute atomic E-state index is 0.277. The number of aryl methyl sites for hydroxylation is 3. The van der Waals surface area contributed by atoms with Crippen molar-refractivity contribution in [3.05, 3.63) is 81.6 Å². The number of anilines is 1. The molecular weight excluding hydrogens is 350 g/mol. The first-order valence-corrected chi connectivity index (χ1v) is 9.46. The molecule has 0 spiro atoms. The van der Waals surface area contributed by atoms with Crippen LogP contribution in [0.25, 0.3) is 11.3 Å². The molecule has 1 amide bonds. The molecule has 0 aliphatic heterocycles. The van der Waals surface area contributed by atoms with Gasteiger partial charge in [-0.05, 0) is 62.6 Å². The van der Waals surface area contributed by atoms with Crippen LogP contribution < -0.4 is 10.9 Å². The highest BCUT2D eigenvalue weighted by Crippen LogP contribution is 2.22. The molecule has 2 aromatic carbocycles. The minimum atomic E-state index is -0.733. The molecule has 0 radical (unpaired) electrons. The lowest BCUT2D eigenvalue weighted by Crippen LogP contribution is -2.33. The number of nitrogens with one attached hydrogen (secondary N) is 1. The van der Waals surface area contributed by atoms with Crippen molar-refractivity contribution in [3.63, 3.8) is 0 Å². The Balaban J connectivity index is 1.90. The highest BCUT2D eigenvalue weighted by molar-refractivity contribution is 5.93. The van der Waals surface area contributed by atoms with E-state index < -0.39 is 6.04 Å². The van der Waals surface area contributed by atoms with Gasteiger partial charge >= 0.3 is 0 Å². The molecule has 0 aliphatic rings. The van der Waals surface area contributed by atoms with E-state index in [0.717, 1.165) is 34.4 Å². The number of benzene rings is 2. The second kappa shape index (κ2) is 8.21. The number of amides is 1. The maximum atomic E-state index is 12.7. The van der Waals surface area contributed by atoms with Crippen LogP contribution in [0.5, 0.6) is 0 Å². The smallest absolute Gasteiger partial charge is 0.267 e. The second-order valence-corrected chi connectivity index (χ2v) is 7.04. The molecule has 1 aromatic heterocycles. The van der Waals surface area contributed by atoms with Gasteiger partial charge in [-0.15, -0.1) is 0 Å². The summed E-state index contributed by atoms with van der Waals surface area (Å²) in [5.74, 6) is -0.277. The van der Waals surface area contributed by atoms with Crippen LogP contribution in [-0.4, -0.2) is 15.7 Å². The largest absolute Gasteiger partial charge is 0.324 e. The summed E-state index contributed by atoms with van der Waals surface area (Å²) >= 11 is 0. The zero-order valence-corrected chi connectivity index (χ0v) is 16.7. The Morgan fingerprint density at radius 1 is 1.11 bits per heavy atom. The predicted octanol–water partition coefficient (Wildman–Crippen LogP) is 4.29. The van der Waals surface area contributed by atoms with Crippen molar-refractivity contribution in [1.82, 2.24) is 9.78 Å². The SMILES string of the molecule is CCc1cccc(NC(=O)[C@@H](C)n2nc(-c3cc(C)ccc3C)ccc2=O)c1. The van der Waals surface area contributed by atoms with Gasteiger partial charge in [0.05, 0.1) is 5.69 Å². The molecule has 3 rings (SSSR count). The van der Waals surface area contributed by atoms with Crippen LogP contribution in [0.2, 0.25) is 0 Å². The zero-order valence-electron chi connectivity index (χ0n) is 16.7. The first-order chi connectivity index (χ1) is 13.4. The molecule has 5 heteroatoms. The van der Waals surface area contributed by atoms with Gasteiger partial charge in [-0.2, -0.15) is 5.10 Å². The van der Waals surface area contributed by atoms with Crippen LogP contribution in [0.4, 0.5) is 5.69 Å². The van der Waals surface area contributed by atoms with Crippen LogP contribution in [0, 0.1) is 13.8 Å². The molecule has 0 fully saturated rings. The molecule has 1 N–H and O–H groups in total. The third-order valence-corrected chi connectivity index (χ3v) is 4.84. The fourth-order valence-corrected chi connectivity index (χ4v) is 3.08. The fourth-order valence-electron chi connectivity index (χ4n) is 3.08. The lowest BCUT2D eigenvalue weighted by atomic mass is 10.0. The zero-order chi connectivity index (χ0) is 20.3. The summed E-state index contributed by atoms with van der Waals surface area (Å²) in [4.78, 5) is 25.1. The lowest BCUT2D eigenvalue weighted by Gasteiger charge is -2.16. The van der Waals surface area contributed by atoms with Gasteiger partial charge < -0.3 is 5.32 Å². The third kappa shape index (κ3) is 4.19. The molecule has 144 valence electrons. The van der Waals surface area contributed by atoms with E-state index in [9.17, 15) is 9.59 Å². The molecule has 0 saturated heterocycles. The molecule has 0 unspecified atom stereocenters. The van der Waals surface area contributed by atoms with Crippen LogP contribution in [0.3, 0.4) is 0 Å². The van der Waals surface area contributed by atoms with Gasteiger partial charge in [0.2, 0.25) is 5.91 Å². The van der Waals surface area contributed by atoms with Crippen molar-refractivity contribution in [2.45, 2.75) is 40.2 Å². The fraction of sp³-hybridized carbons (Fsp3) is 0.261. The van der Waals surface area contributed by atoms with Gasteiger partial charge in [0.1, 0.15) is 6.04 Å². The third-order valence-electron chi connectivity index (χ3n) is 4.84. The quantitative estimate of drug-likeness (QED) is 0.723. The predicted molar refractivity (Wildman–Crippen MR) is 113 cm³/mol. The first kappa shape index (κ1) is 19.5. The van der Waals surface area contributed by atoms with E-state index in [1.807, 2.05) is 56.3 Å². The highest BCUT2D eigenvalue weighted by Gasteiger charge is 2.18. The molecule has 0 aliphatic carbocycles. The Hall–Kier alpha value is -3.21. The number of aromatic nitrogens is 2. The second-order valence-electron chi connectivity index (χ2n) is 7.04. The van der Waals surface area contributed by atoms with Crippen LogP contribution >= 0.6 is 0 Å². The number of hydrogen-bond acceptors (Lipinski definition) is 3. The summed E-state index contributed by atoms with van der Waals surface area (Å²) in [5.41, 5.74) is 5.36. The Morgan fingerprint density at radius 3 is 2.64 bits per heavy atom. The number of carbonyl (C=O) groups is 1. The van der Waals surface area contributed by atoms with Gasteiger partial charge in [-0.1, -0.05) is 36.8 Å². The van der Waals surface area contributed by atoms with E-state index >= 15 is 0 Å². The maximum Gasteiger partial charge on any atom is 0.267 e. The van der Waals surface area contributed by atoms with Gasteiger partial charge in [0.15, 0.2) is 0 Å². The van der Waals surface area contributed by atoms with E-state index in [0.29, 0.717) is 5.69 Å². The van der Waals surface area contributed by atoms with Crippen molar-refractivity contribution >= 4 is 11.6 Å². The van der Waals surface area contributed by atoms with Crippen molar-refractivity contribution < 1.29 is 4.79 Å². The van der Waals surface area contributed by atoms with Gasteiger partial charge in [-0.25, -0.2) is 4.68 Å². The number of rotatable bonds is 5. The van der Waals surface area contributed by atoms with Crippen LogP contribution in [0.15, 0.2) is 59.4 Å². The summed E-state index contributed by atoms with van der Waals surface area (Å²) in [6.07, 6.45) is 0.887. The van der Waals surface area contributed by atoms with Crippen LogP contribution in [0.1, 0.15) is 36.6 Å². The average Bonchev–Trinajstić information content (AvgIpc) is 2.70. The van der Waals surface area contributed by atoms with E-state index in [2.05, 4.69) is 17.3 Å². The number of nitrogens with zero attached hydrogens (tertiary/aromatic N) is 2. The first-order valence-electron chi connectivity index (χ1n) is 9.46. The van der Waals surface area contributed by atoms with E-state index in [1.54, 1.807) is 13.0 Å². The minimum Gasteiger partial charge on any atom is -0.324 e. The molecule has 5 nitrogen and oxygen atoms in total. The van der Waals surface area contributed by atoms with Crippen molar-refractivity contribution in [2.75, 3.05) is 5.32 Å². The van der Waals surface area contributed by atoms with Gasteiger partial charge in [-0.3, -0.25) is 9.59 Å². The summed E-state index contributed by atoms with van der Waals surface area (Å²) in [5, 5.41) is 7.37. The summed E-state index contributed by atoms with van der Waals surface area (Å²) in [7, 11) is 0. The van der Waals surface area contributed by atoms with Crippen LogP contribution in [-0.2, 0) is 11.2 Å². The highest BCUT2D eigenvalue weighted by atomic mass is 16.2. The Bertz CT molecular complexity index is 1070. The monoisotopic (exact) mass is 375 g/mol. The molecule has 0 bridgehead atoms. The van der Waals surface area contributed by atoms with E-state index in [4.69, 9.17) is 0 Å². The summed E-state index contributed by atoms with van der Waals surface area (Å²) in [6, 6.07) is 16.2. The summed E-state index contributed by atoms with van der Waals surface area (Å²) in [6.45, 7) is 7.76. The molecule has 1 atom stereocenters. The topological polar surface area (TPSA) is 64.0 Å². The van der Waals surface area contributed by atoms with Crippen molar-refractivity contribution in [3.8, 4) is 11.3 Å². The number of carbonyl (C=O) groups excluding carboxylic acids is 1. The lowest BCUT2D eigenvalue weighted by molar-refractivity contribution is -0.119. The van der Waals surface area contributed by atoms with Crippen molar-refractivity contribution in [1.29, 1.82) is 0 Å². The molecule has 3 aromatic rings. The van der Waals surface area contributed by atoms with Crippen molar-refractivity contribution in [2.24, 2.45) is 0 Å². The summed E-state index contributed by atoms with van der Waals surface area (Å²) < 4.78 is 1.25. The Kier molecular flexibility index (Phi) is 5.73. The standard InChI is InChI=1S/C23H25N3O2/c1-5-18-7-6-8-19(14-18)24-23(28)17(4)26-22(27)12-11-21(25-26)20-13-15(2)9-10-16(20)3/h6-14,17H,5H2,1-4H3,(H,24,28)/t17-/m1/s1. The van der Waals surface area contributed by atoms with Gasteiger partial charge in [0, 0.05) is 17.3 Å². The number of hydrogen-bond donors (Lipinski definition) is 1. The average molecular weight is 375 g/mol. The van der Waals surface area contributed by atoms with E-state index in [-0.39, 0.29) is 11.5 Å². The Morgan fingerprint density at radius 2 is 1.89 bits per heavy atom. The molecular formula is C23H25N3O2. The molecule has 0 saturated carbocycles. The maximum absolute atomic E-state index is 12.7. The Labute approximate surface area is 165 Å². The van der Waals surface area contributed by atoms with E-state index in [1.165, 1.54) is 10.7 Å². The molecule has 1 heterocycles. The van der Waals surface area contributed by atoms with Gasteiger partial charge in [0.25, 0.3) is 5.56 Å². The normalized spacial score (nSPS) is 11.9.